The molecule has 1 aliphatic heterocycles. The Morgan fingerprint density at radius 3 is 2.68 bits per heavy atom. The van der Waals surface area contributed by atoms with Crippen molar-refractivity contribution in [1.29, 1.82) is 0 Å². The van der Waals surface area contributed by atoms with E-state index >= 15 is 0 Å². The first-order valence-corrected chi connectivity index (χ1v) is 9.29. The molecule has 4 rings (SSSR count). The van der Waals surface area contributed by atoms with Crippen LogP contribution in [0.25, 0.3) is 11.4 Å². The molecule has 0 amide bonds. The third kappa shape index (κ3) is 3.17. The zero-order chi connectivity index (χ0) is 17.1. The van der Waals surface area contributed by atoms with Crippen LogP contribution in [-0.4, -0.2) is 32.9 Å². The number of aromatic nitrogens is 3. The van der Waals surface area contributed by atoms with Gasteiger partial charge < -0.3 is 4.74 Å². The zero-order valence-electron chi connectivity index (χ0n) is 13.9. The summed E-state index contributed by atoms with van der Waals surface area (Å²) in [5, 5.41) is 14.3. The van der Waals surface area contributed by atoms with E-state index in [1.165, 1.54) is 0 Å². The molecule has 5 nitrogen and oxygen atoms in total. The van der Waals surface area contributed by atoms with E-state index in [1.807, 2.05) is 47.1 Å². The number of rotatable bonds is 5. The lowest BCUT2D eigenvalue weighted by atomic mass is 10.1. The van der Waals surface area contributed by atoms with Gasteiger partial charge in [-0.1, -0.05) is 61.2 Å². The summed E-state index contributed by atoms with van der Waals surface area (Å²) in [4.78, 5) is 0. The van der Waals surface area contributed by atoms with Crippen molar-refractivity contribution >= 4 is 17.5 Å². The standard InChI is InChI=1S/C19H18N4OS/c1-2-12-24-17-11-7-6-10-15(17)18-20-21-19-23(18)22-16(13-25-19)14-8-4-3-5-9-14/h3-11H,2,12-13H2,1H3. The molecule has 2 aromatic carbocycles. The third-order valence-corrected chi connectivity index (χ3v) is 4.80. The SMILES string of the molecule is CCCOc1ccccc1-c1nnc2n1N=C(c1ccccc1)CS2. The lowest BCUT2D eigenvalue weighted by molar-refractivity contribution is 0.318. The van der Waals surface area contributed by atoms with Crippen molar-refractivity contribution in [3.05, 3.63) is 60.2 Å². The van der Waals surface area contributed by atoms with E-state index in [1.54, 1.807) is 11.8 Å². The van der Waals surface area contributed by atoms with E-state index < -0.39 is 0 Å². The molecule has 0 saturated heterocycles. The summed E-state index contributed by atoms with van der Waals surface area (Å²) in [5.74, 6) is 2.31. The van der Waals surface area contributed by atoms with E-state index in [-0.39, 0.29) is 0 Å². The number of nitrogens with zero attached hydrogens (tertiary/aromatic N) is 4. The second-order valence-electron chi connectivity index (χ2n) is 5.66. The van der Waals surface area contributed by atoms with Crippen LogP contribution in [0.5, 0.6) is 5.75 Å². The van der Waals surface area contributed by atoms with Crippen LogP contribution in [0.4, 0.5) is 0 Å². The first-order valence-electron chi connectivity index (χ1n) is 8.30. The molecule has 1 aliphatic rings. The van der Waals surface area contributed by atoms with Gasteiger partial charge in [0.15, 0.2) is 5.82 Å². The van der Waals surface area contributed by atoms with E-state index in [4.69, 9.17) is 9.84 Å². The Balaban J connectivity index is 1.77. The Morgan fingerprint density at radius 1 is 1.04 bits per heavy atom. The minimum Gasteiger partial charge on any atom is -0.493 e. The van der Waals surface area contributed by atoms with Crippen LogP contribution in [0.15, 0.2) is 64.9 Å². The molecule has 126 valence electrons. The summed E-state index contributed by atoms with van der Waals surface area (Å²) < 4.78 is 7.70. The number of para-hydroxylation sites is 1. The van der Waals surface area contributed by atoms with Gasteiger partial charge in [0.25, 0.3) is 0 Å². The Kier molecular flexibility index (Phi) is 4.52. The van der Waals surface area contributed by atoms with Gasteiger partial charge in [0, 0.05) is 5.75 Å². The highest BCUT2D eigenvalue weighted by molar-refractivity contribution is 7.99. The topological polar surface area (TPSA) is 52.3 Å². The Morgan fingerprint density at radius 2 is 1.84 bits per heavy atom. The van der Waals surface area contributed by atoms with Crippen LogP contribution in [0.2, 0.25) is 0 Å². The minimum atomic E-state index is 0.672. The highest BCUT2D eigenvalue weighted by atomic mass is 32.2. The summed E-state index contributed by atoms with van der Waals surface area (Å²) in [6.07, 6.45) is 0.957. The zero-order valence-corrected chi connectivity index (χ0v) is 14.7. The van der Waals surface area contributed by atoms with Crippen LogP contribution in [0.3, 0.4) is 0 Å². The summed E-state index contributed by atoms with van der Waals surface area (Å²) in [7, 11) is 0. The first-order chi connectivity index (χ1) is 12.4. The highest BCUT2D eigenvalue weighted by Gasteiger charge is 2.22. The van der Waals surface area contributed by atoms with Crippen molar-refractivity contribution in [3.63, 3.8) is 0 Å². The number of ether oxygens (including phenoxy) is 1. The monoisotopic (exact) mass is 350 g/mol. The second kappa shape index (κ2) is 7.11. The molecule has 0 atom stereocenters. The Bertz CT molecular complexity index is 905. The lowest BCUT2D eigenvalue weighted by Gasteiger charge is -2.15. The van der Waals surface area contributed by atoms with Crippen molar-refractivity contribution in [2.24, 2.45) is 5.10 Å². The van der Waals surface area contributed by atoms with E-state index in [0.29, 0.717) is 12.4 Å². The van der Waals surface area contributed by atoms with Gasteiger partial charge in [-0.3, -0.25) is 0 Å². The number of benzene rings is 2. The predicted molar refractivity (Wildman–Crippen MR) is 100 cm³/mol. The van der Waals surface area contributed by atoms with E-state index in [0.717, 1.165) is 39.9 Å². The molecule has 0 radical (unpaired) electrons. The lowest BCUT2D eigenvalue weighted by Crippen LogP contribution is -2.13. The molecule has 0 N–H and O–H groups in total. The van der Waals surface area contributed by atoms with Crippen LogP contribution >= 0.6 is 11.8 Å². The fourth-order valence-electron chi connectivity index (χ4n) is 2.66. The van der Waals surface area contributed by atoms with Gasteiger partial charge in [0.1, 0.15) is 5.75 Å². The van der Waals surface area contributed by atoms with Crippen LogP contribution in [0.1, 0.15) is 18.9 Å². The number of fused-ring (bicyclic) bond motifs is 1. The van der Waals surface area contributed by atoms with Crippen molar-refractivity contribution in [2.75, 3.05) is 12.4 Å². The summed E-state index contributed by atoms with van der Waals surface area (Å²) in [6.45, 7) is 2.76. The van der Waals surface area contributed by atoms with Gasteiger partial charge in [-0.15, -0.1) is 10.2 Å². The largest absolute Gasteiger partial charge is 0.493 e. The van der Waals surface area contributed by atoms with E-state index in [9.17, 15) is 0 Å². The average Bonchev–Trinajstić information content (AvgIpc) is 3.10. The van der Waals surface area contributed by atoms with Gasteiger partial charge >= 0.3 is 0 Å². The molecular formula is C19H18N4OS. The van der Waals surface area contributed by atoms with Crippen molar-refractivity contribution in [1.82, 2.24) is 14.9 Å². The molecule has 1 aromatic heterocycles. The van der Waals surface area contributed by atoms with Crippen LogP contribution < -0.4 is 4.74 Å². The molecule has 6 heteroatoms. The minimum absolute atomic E-state index is 0.672. The van der Waals surface area contributed by atoms with E-state index in [2.05, 4.69) is 29.3 Å². The van der Waals surface area contributed by atoms with Crippen molar-refractivity contribution in [2.45, 2.75) is 18.5 Å². The summed E-state index contributed by atoms with van der Waals surface area (Å²) in [6, 6.07) is 18.1. The van der Waals surface area contributed by atoms with Gasteiger partial charge in [-0.2, -0.15) is 9.78 Å². The van der Waals surface area contributed by atoms with Crippen molar-refractivity contribution in [3.8, 4) is 17.1 Å². The quantitative estimate of drug-likeness (QED) is 0.695. The van der Waals surface area contributed by atoms with Gasteiger partial charge in [-0.25, -0.2) is 0 Å². The van der Waals surface area contributed by atoms with Gasteiger partial charge in [0.2, 0.25) is 5.16 Å². The molecule has 0 spiro atoms. The fourth-order valence-corrected chi connectivity index (χ4v) is 3.50. The molecule has 0 fully saturated rings. The normalized spacial score (nSPS) is 13.2. The molecule has 3 aromatic rings. The fraction of sp³-hybridized carbons (Fsp3) is 0.211. The third-order valence-electron chi connectivity index (χ3n) is 3.87. The molecule has 0 unspecified atom stereocenters. The molecular weight excluding hydrogens is 332 g/mol. The Labute approximate surface area is 150 Å². The van der Waals surface area contributed by atoms with Gasteiger partial charge in [0.05, 0.1) is 17.9 Å². The number of thioether (sulfide) groups is 1. The molecule has 2 heterocycles. The molecule has 25 heavy (non-hydrogen) atoms. The first kappa shape index (κ1) is 15.9. The highest BCUT2D eigenvalue weighted by Crippen LogP contribution is 2.33. The maximum Gasteiger partial charge on any atom is 0.212 e. The maximum atomic E-state index is 5.88. The smallest absolute Gasteiger partial charge is 0.212 e. The average molecular weight is 350 g/mol. The maximum absolute atomic E-state index is 5.88. The molecule has 0 saturated carbocycles. The second-order valence-corrected chi connectivity index (χ2v) is 6.61. The van der Waals surface area contributed by atoms with Crippen LogP contribution in [-0.2, 0) is 0 Å². The number of hydrogen-bond acceptors (Lipinski definition) is 5. The summed E-state index contributed by atoms with van der Waals surface area (Å²) in [5.41, 5.74) is 3.05. The molecule has 0 bridgehead atoms. The Hall–Kier alpha value is -2.60. The summed E-state index contributed by atoms with van der Waals surface area (Å²) >= 11 is 1.65. The predicted octanol–water partition coefficient (Wildman–Crippen LogP) is 4.09. The number of hydrogen-bond donors (Lipinski definition) is 0. The molecule has 0 aliphatic carbocycles. The van der Waals surface area contributed by atoms with Crippen molar-refractivity contribution < 1.29 is 4.74 Å². The van der Waals surface area contributed by atoms with Crippen LogP contribution in [0, 0.1) is 0 Å². The van der Waals surface area contributed by atoms with Gasteiger partial charge in [-0.05, 0) is 24.1 Å².